The SMILES string of the molecule is NC(N)=NCCC[C@H](NC(=O)C(CS)CS)C(=O)O. The van der Waals surface area contributed by atoms with E-state index < -0.39 is 17.9 Å². The number of carboxylic acid groups (broad SMARTS) is 1. The summed E-state index contributed by atoms with van der Waals surface area (Å²) in [5.74, 6) is -1.27. The summed E-state index contributed by atoms with van der Waals surface area (Å²) in [7, 11) is 0. The van der Waals surface area contributed by atoms with Crippen LogP contribution in [0.1, 0.15) is 12.8 Å². The van der Waals surface area contributed by atoms with Crippen LogP contribution in [0.25, 0.3) is 0 Å². The zero-order chi connectivity index (χ0) is 14.8. The van der Waals surface area contributed by atoms with Gasteiger partial charge in [-0.2, -0.15) is 25.3 Å². The van der Waals surface area contributed by atoms with Crippen molar-refractivity contribution in [3.63, 3.8) is 0 Å². The number of guanidine groups is 1. The lowest BCUT2D eigenvalue weighted by atomic mass is 10.1. The molecule has 0 unspecified atom stereocenters. The van der Waals surface area contributed by atoms with Gasteiger partial charge >= 0.3 is 5.97 Å². The van der Waals surface area contributed by atoms with E-state index in [2.05, 4.69) is 35.6 Å². The van der Waals surface area contributed by atoms with Gasteiger partial charge < -0.3 is 21.9 Å². The number of aliphatic imine (C=N–C) groups is 1. The first-order valence-electron chi connectivity index (χ1n) is 5.72. The minimum atomic E-state index is -1.09. The number of carbonyl (C=O) groups is 2. The molecule has 9 heteroatoms. The molecule has 110 valence electrons. The lowest BCUT2D eigenvalue weighted by Gasteiger charge is -2.17. The Hall–Kier alpha value is -1.09. The van der Waals surface area contributed by atoms with Crippen LogP contribution in [0.15, 0.2) is 4.99 Å². The molecule has 0 aliphatic heterocycles. The van der Waals surface area contributed by atoms with Gasteiger partial charge in [0.2, 0.25) is 5.91 Å². The molecule has 0 rings (SSSR count). The Morgan fingerprint density at radius 1 is 1.26 bits per heavy atom. The molecule has 1 atom stereocenters. The number of carboxylic acids is 1. The number of nitrogens with one attached hydrogen (secondary N) is 1. The fourth-order valence-electron chi connectivity index (χ4n) is 1.27. The molecule has 1 amide bonds. The second-order valence-corrected chi connectivity index (χ2v) is 4.64. The van der Waals surface area contributed by atoms with Crippen molar-refractivity contribution in [2.24, 2.45) is 22.4 Å². The van der Waals surface area contributed by atoms with Crippen molar-refractivity contribution in [3.8, 4) is 0 Å². The molecule has 0 aromatic rings. The van der Waals surface area contributed by atoms with Gasteiger partial charge in [0.25, 0.3) is 0 Å². The molecule has 19 heavy (non-hydrogen) atoms. The fraction of sp³-hybridized carbons (Fsp3) is 0.700. The minimum Gasteiger partial charge on any atom is -0.480 e. The molecule has 0 saturated heterocycles. The number of hydrogen-bond acceptors (Lipinski definition) is 5. The Bertz CT molecular complexity index is 331. The van der Waals surface area contributed by atoms with Crippen molar-refractivity contribution >= 4 is 43.1 Å². The number of nitrogens with zero attached hydrogens (tertiary/aromatic N) is 1. The van der Waals surface area contributed by atoms with Gasteiger partial charge in [0.15, 0.2) is 5.96 Å². The smallest absolute Gasteiger partial charge is 0.326 e. The lowest BCUT2D eigenvalue weighted by Crippen LogP contribution is -2.44. The van der Waals surface area contributed by atoms with Gasteiger partial charge in [0.1, 0.15) is 6.04 Å². The number of carbonyl (C=O) groups excluding carboxylic acids is 1. The molecule has 0 spiro atoms. The van der Waals surface area contributed by atoms with Gasteiger partial charge in [-0.25, -0.2) is 4.79 Å². The van der Waals surface area contributed by atoms with Gasteiger partial charge in [0.05, 0.1) is 5.92 Å². The highest BCUT2D eigenvalue weighted by Gasteiger charge is 2.23. The maximum Gasteiger partial charge on any atom is 0.326 e. The predicted octanol–water partition coefficient (Wildman–Crippen LogP) is -0.915. The van der Waals surface area contributed by atoms with Gasteiger partial charge in [-0.1, -0.05) is 0 Å². The first-order valence-corrected chi connectivity index (χ1v) is 6.99. The van der Waals surface area contributed by atoms with Crippen LogP contribution in [0.3, 0.4) is 0 Å². The van der Waals surface area contributed by atoms with E-state index in [9.17, 15) is 9.59 Å². The van der Waals surface area contributed by atoms with Crippen LogP contribution in [0, 0.1) is 5.92 Å². The van der Waals surface area contributed by atoms with Crippen LogP contribution in [0.5, 0.6) is 0 Å². The number of amides is 1. The van der Waals surface area contributed by atoms with Crippen LogP contribution in [0.4, 0.5) is 0 Å². The van der Waals surface area contributed by atoms with E-state index in [-0.39, 0.29) is 18.3 Å². The zero-order valence-electron chi connectivity index (χ0n) is 10.5. The molecule has 0 bridgehead atoms. The molecular formula is C10H20N4O3S2. The van der Waals surface area contributed by atoms with E-state index in [1.807, 2.05) is 0 Å². The van der Waals surface area contributed by atoms with Crippen molar-refractivity contribution in [3.05, 3.63) is 0 Å². The molecule has 0 fully saturated rings. The average Bonchev–Trinajstić information content (AvgIpc) is 2.33. The maximum atomic E-state index is 11.7. The largest absolute Gasteiger partial charge is 0.480 e. The monoisotopic (exact) mass is 308 g/mol. The molecule has 0 aromatic heterocycles. The van der Waals surface area contributed by atoms with E-state index >= 15 is 0 Å². The standard InChI is InChI=1S/C10H20N4O3S2/c11-10(12)13-3-1-2-7(9(16)17)14-8(15)6(4-18)5-19/h6-7,18-19H,1-5H2,(H,14,15)(H,16,17)(H4,11,12,13)/t7-/m0/s1. The summed E-state index contributed by atoms with van der Waals surface area (Å²) >= 11 is 8.03. The normalized spacial score (nSPS) is 11.9. The van der Waals surface area contributed by atoms with Crippen molar-refractivity contribution in [2.45, 2.75) is 18.9 Å². The second-order valence-electron chi connectivity index (χ2n) is 3.91. The van der Waals surface area contributed by atoms with Crippen molar-refractivity contribution < 1.29 is 14.7 Å². The number of thiol groups is 2. The van der Waals surface area contributed by atoms with Crippen LogP contribution in [0.2, 0.25) is 0 Å². The van der Waals surface area contributed by atoms with Crippen LogP contribution < -0.4 is 16.8 Å². The van der Waals surface area contributed by atoms with Gasteiger partial charge in [-0.15, -0.1) is 0 Å². The number of hydrogen-bond donors (Lipinski definition) is 6. The molecule has 0 aromatic carbocycles. The summed E-state index contributed by atoms with van der Waals surface area (Å²) < 4.78 is 0. The van der Waals surface area contributed by atoms with Crippen LogP contribution in [-0.2, 0) is 9.59 Å². The highest BCUT2D eigenvalue weighted by Crippen LogP contribution is 2.05. The lowest BCUT2D eigenvalue weighted by molar-refractivity contribution is -0.142. The minimum absolute atomic E-state index is 0.0406. The third-order valence-electron chi connectivity index (χ3n) is 2.37. The molecule has 6 N–H and O–H groups in total. The third kappa shape index (κ3) is 7.83. The maximum absolute atomic E-state index is 11.7. The average molecular weight is 308 g/mol. The Balaban J connectivity index is 4.30. The molecule has 0 aliphatic carbocycles. The summed E-state index contributed by atoms with van der Waals surface area (Å²) in [6.45, 7) is 0.324. The topological polar surface area (TPSA) is 131 Å². The van der Waals surface area contributed by atoms with E-state index in [1.165, 1.54) is 0 Å². The van der Waals surface area contributed by atoms with E-state index in [0.29, 0.717) is 24.5 Å². The predicted molar refractivity (Wildman–Crippen MR) is 80.7 cm³/mol. The summed E-state index contributed by atoms with van der Waals surface area (Å²) in [6.07, 6.45) is 0.714. The Labute approximate surface area is 123 Å². The summed E-state index contributed by atoms with van der Waals surface area (Å²) in [4.78, 5) is 26.5. The van der Waals surface area contributed by atoms with Crippen molar-refractivity contribution in [1.29, 1.82) is 0 Å². The molecule has 0 aliphatic rings. The highest BCUT2D eigenvalue weighted by molar-refractivity contribution is 7.81. The van der Waals surface area contributed by atoms with E-state index in [1.54, 1.807) is 0 Å². The van der Waals surface area contributed by atoms with Crippen LogP contribution in [-0.4, -0.2) is 47.0 Å². The second kappa shape index (κ2) is 9.79. The van der Waals surface area contributed by atoms with Crippen LogP contribution >= 0.6 is 25.3 Å². The number of aliphatic carboxylic acids is 1. The Morgan fingerprint density at radius 3 is 2.26 bits per heavy atom. The molecular weight excluding hydrogens is 288 g/mol. The quantitative estimate of drug-likeness (QED) is 0.142. The third-order valence-corrected chi connectivity index (χ3v) is 3.25. The molecule has 0 saturated carbocycles. The van der Waals surface area contributed by atoms with Gasteiger partial charge in [0, 0.05) is 18.1 Å². The summed E-state index contributed by atoms with van der Waals surface area (Å²) in [5, 5.41) is 11.5. The number of rotatable bonds is 9. The zero-order valence-corrected chi connectivity index (χ0v) is 12.2. The summed E-state index contributed by atoms with van der Waals surface area (Å²) in [5.41, 5.74) is 10.3. The first kappa shape index (κ1) is 17.9. The molecule has 0 radical (unpaired) electrons. The fourth-order valence-corrected chi connectivity index (χ4v) is 2.07. The molecule has 0 heterocycles. The van der Waals surface area contributed by atoms with E-state index in [0.717, 1.165) is 0 Å². The Kier molecular flexibility index (Phi) is 9.23. The van der Waals surface area contributed by atoms with Crippen molar-refractivity contribution in [2.75, 3.05) is 18.1 Å². The van der Waals surface area contributed by atoms with Gasteiger partial charge in [-0.3, -0.25) is 9.79 Å². The van der Waals surface area contributed by atoms with E-state index in [4.69, 9.17) is 16.6 Å². The summed E-state index contributed by atoms with van der Waals surface area (Å²) in [6, 6.07) is -0.955. The van der Waals surface area contributed by atoms with Crippen molar-refractivity contribution in [1.82, 2.24) is 5.32 Å². The highest BCUT2D eigenvalue weighted by atomic mass is 32.1. The Morgan fingerprint density at radius 2 is 1.84 bits per heavy atom. The number of nitrogens with two attached hydrogens (primary N) is 2. The first-order chi connectivity index (χ1) is 8.92. The van der Waals surface area contributed by atoms with Gasteiger partial charge in [-0.05, 0) is 12.8 Å². The molecule has 7 nitrogen and oxygen atoms in total.